The highest BCUT2D eigenvalue weighted by atomic mass is 35.5. The standard InChI is InChI=1S/C22H19ClFN3O3/c1-2-29-20-12-16(13-26-27-22(28)18-4-3-11-25-21(18)23)7-10-19(20)30-14-15-5-8-17(24)9-6-15/h3-13H,2,14H2,1H3,(H,27,28). The first kappa shape index (κ1) is 21.3. The Hall–Kier alpha value is -3.45. The van der Waals surface area contributed by atoms with Crippen molar-refractivity contribution >= 4 is 23.7 Å². The minimum Gasteiger partial charge on any atom is -0.490 e. The van der Waals surface area contributed by atoms with Crippen LogP contribution in [-0.2, 0) is 6.61 Å². The van der Waals surface area contributed by atoms with Crippen LogP contribution < -0.4 is 14.9 Å². The molecule has 8 heteroatoms. The van der Waals surface area contributed by atoms with Crippen molar-refractivity contribution in [1.29, 1.82) is 0 Å². The fourth-order valence-electron chi connectivity index (χ4n) is 2.52. The number of ether oxygens (including phenoxy) is 2. The molecule has 0 saturated carbocycles. The molecule has 0 spiro atoms. The Bertz CT molecular complexity index is 1040. The summed E-state index contributed by atoms with van der Waals surface area (Å²) in [4.78, 5) is 16.0. The number of hydrazone groups is 1. The molecule has 0 fully saturated rings. The SMILES string of the molecule is CCOc1cc(C=NNC(=O)c2cccnc2Cl)ccc1OCc1ccc(F)cc1. The van der Waals surface area contributed by atoms with E-state index in [1.54, 1.807) is 42.5 Å². The molecule has 0 saturated heterocycles. The number of benzene rings is 2. The first-order chi connectivity index (χ1) is 14.6. The predicted molar refractivity (Wildman–Crippen MR) is 113 cm³/mol. The summed E-state index contributed by atoms with van der Waals surface area (Å²) in [5, 5.41) is 4.05. The summed E-state index contributed by atoms with van der Waals surface area (Å²) >= 11 is 5.90. The molecule has 0 unspecified atom stereocenters. The van der Waals surface area contributed by atoms with Crippen LogP contribution in [0.25, 0.3) is 0 Å². The van der Waals surface area contributed by atoms with Crippen LogP contribution in [0.2, 0.25) is 5.15 Å². The van der Waals surface area contributed by atoms with Crippen LogP contribution in [0.3, 0.4) is 0 Å². The number of nitrogens with zero attached hydrogens (tertiary/aromatic N) is 2. The maximum atomic E-state index is 13.0. The highest BCUT2D eigenvalue weighted by Gasteiger charge is 2.10. The number of halogens is 2. The molecule has 0 radical (unpaired) electrons. The van der Waals surface area contributed by atoms with Gasteiger partial charge in [-0.25, -0.2) is 14.8 Å². The molecule has 3 aromatic rings. The highest BCUT2D eigenvalue weighted by Crippen LogP contribution is 2.29. The Labute approximate surface area is 178 Å². The molecule has 1 aromatic heterocycles. The Morgan fingerprint density at radius 3 is 2.70 bits per heavy atom. The first-order valence-corrected chi connectivity index (χ1v) is 9.52. The zero-order chi connectivity index (χ0) is 21.3. The molecular weight excluding hydrogens is 409 g/mol. The molecule has 0 aliphatic heterocycles. The van der Waals surface area contributed by atoms with Gasteiger partial charge in [-0.1, -0.05) is 23.7 Å². The largest absolute Gasteiger partial charge is 0.490 e. The van der Waals surface area contributed by atoms with E-state index in [0.29, 0.717) is 23.7 Å². The summed E-state index contributed by atoms with van der Waals surface area (Å²) in [5.74, 6) is 0.318. The summed E-state index contributed by atoms with van der Waals surface area (Å²) in [7, 11) is 0. The van der Waals surface area contributed by atoms with Crippen LogP contribution in [-0.4, -0.2) is 23.7 Å². The molecule has 30 heavy (non-hydrogen) atoms. The summed E-state index contributed by atoms with van der Waals surface area (Å²) in [6, 6.07) is 14.5. The number of nitrogens with one attached hydrogen (secondary N) is 1. The number of carbonyl (C=O) groups is 1. The molecule has 0 aliphatic rings. The number of pyridine rings is 1. The number of carbonyl (C=O) groups excluding carboxylic acids is 1. The Morgan fingerprint density at radius 1 is 1.17 bits per heavy atom. The summed E-state index contributed by atoms with van der Waals surface area (Å²) < 4.78 is 24.5. The number of amides is 1. The quantitative estimate of drug-likeness (QED) is 0.323. The van der Waals surface area contributed by atoms with E-state index in [1.807, 2.05) is 6.92 Å². The first-order valence-electron chi connectivity index (χ1n) is 9.15. The van der Waals surface area contributed by atoms with Gasteiger partial charge in [-0.05, 0) is 60.5 Å². The molecule has 154 valence electrons. The topological polar surface area (TPSA) is 72.8 Å². The van der Waals surface area contributed by atoms with E-state index in [-0.39, 0.29) is 23.1 Å². The lowest BCUT2D eigenvalue weighted by Gasteiger charge is -2.12. The van der Waals surface area contributed by atoms with Gasteiger partial charge in [-0.2, -0.15) is 5.10 Å². The fourth-order valence-corrected chi connectivity index (χ4v) is 2.72. The number of hydrogen-bond donors (Lipinski definition) is 1. The molecule has 0 bridgehead atoms. The third-order valence-corrected chi connectivity index (χ3v) is 4.26. The van der Waals surface area contributed by atoms with Crippen molar-refractivity contribution in [2.75, 3.05) is 6.61 Å². The van der Waals surface area contributed by atoms with Crippen LogP contribution in [0.15, 0.2) is 65.9 Å². The second kappa shape index (κ2) is 10.4. The van der Waals surface area contributed by atoms with Crippen molar-refractivity contribution < 1.29 is 18.7 Å². The minimum absolute atomic E-state index is 0.103. The highest BCUT2D eigenvalue weighted by molar-refractivity contribution is 6.32. The van der Waals surface area contributed by atoms with Crippen LogP contribution in [0.5, 0.6) is 11.5 Å². The lowest BCUT2D eigenvalue weighted by atomic mass is 10.2. The van der Waals surface area contributed by atoms with E-state index >= 15 is 0 Å². The smallest absolute Gasteiger partial charge is 0.274 e. The van der Waals surface area contributed by atoms with E-state index in [9.17, 15) is 9.18 Å². The fraction of sp³-hybridized carbons (Fsp3) is 0.136. The Kier molecular flexibility index (Phi) is 7.34. The normalized spacial score (nSPS) is 10.8. The van der Waals surface area contributed by atoms with Crippen molar-refractivity contribution in [2.45, 2.75) is 13.5 Å². The Morgan fingerprint density at radius 2 is 1.97 bits per heavy atom. The van der Waals surface area contributed by atoms with E-state index in [4.69, 9.17) is 21.1 Å². The second-order valence-electron chi connectivity index (χ2n) is 6.10. The molecule has 0 atom stereocenters. The van der Waals surface area contributed by atoms with Gasteiger partial charge in [-0.3, -0.25) is 4.79 Å². The summed E-state index contributed by atoms with van der Waals surface area (Å²) in [6.07, 6.45) is 2.98. The molecular formula is C22H19ClFN3O3. The molecule has 2 aromatic carbocycles. The van der Waals surface area contributed by atoms with Gasteiger partial charge in [0.2, 0.25) is 0 Å². The third kappa shape index (κ3) is 5.78. The lowest BCUT2D eigenvalue weighted by molar-refractivity contribution is 0.0955. The van der Waals surface area contributed by atoms with Gasteiger partial charge in [0.25, 0.3) is 5.91 Å². The predicted octanol–water partition coefficient (Wildman–Crippen LogP) is 4.62. The van der Waals surface area contributed by atoms with Gasteiger partial charge in [-0.15, -0.1) is 0 Å². The second-order valence-corrected chi connectivity index (χ2v) is 6.45. The van der Waals surface area contributed by atoms with Gasteiger partial charge < -0.3 is 9.47 Å². The van der Waals surface area contributed by atoms with Gasteiger partial charge in [0.05, 0.1) is 18.4 Å². The maximum absolute atomic E-state index is 13.0. The zero-order valence-corrected chi connectivity index (χ0v) is 16.9. The molecule has 1 heterocycles. The van der Waals surface area contributed by atoms with E-state index < -0.39 is 5.91 Å². The molecule has 0 aliphatic carbocycles. The summed E-state index contributed by atoms with van der Waals surface area (Å²) in [5.41, 5.74) is 4.17. The van der Waals surface area contributed by atoms with Crippen LogP contribution in [0.4, 0.5) is 4.39 Å². The van der Waals surface area contributed by atoms with Gasteiger partial charge in [0.1, 0.15) is 17.6 Å². The van der Waals surface area contributed by atoms with Gasteiger partial charge in [0.15, 0.2) is 11.5 Å². The van der Waals surface area contributed by atoms with Gasteiger partial charge >= 0.3 is 0 Å². The zero-order valence-electron chi connectivity index (χ0n) is 16.1. The average Bonchev–Trinajstić information content (AvgIpc) is 2.75. The van der Waals surface area contributed by atoms with Gasteiger partial charge in [0, 0.05) is 6.20 Å². The molecule has 3 rings (SSSR count). The van der Waals surface area contributed by atoms with E-state index in [2.05, 4.69) is 15.5 Å². The number of rotatable bonds is 8. The number of aromatic nitrogens is 1. The molecule has 1 N–H and O–H groups in total. The van der Waals surface area contributed by atoms with Crippen LogP contribution >= 0.6 is 11.6 Å². The van der Waals surface area contributed by atoms with Crippen molar-refractivity contribution in [2.24, 2.45) is 5.10 Å². The number of hydrogen-bond acceptors (Lipinski definition) is 5. The molecule has 6 nitrogen and oxygen atoms in total. The van der Waals surface area contributed by atoms with Crippen molar-refractivity contribution in [3.63, 3.8) is 0 Å². The third-order valence-electron chi connectivity index (χ3n) is 3.96. The minimum atomic E-state index is -0.464. The van der Waals surface area contributed by atoms with Crippen LogP contribution in [0.1, 0.15) is 28.4 Å². The summed E-state index contributed by atoms with van der Waals surface area (Å²) in [6.45, 7) is 2.59. The van der Waals surface area contributed by atoms with E-state index in [0.717, 1.165) is 5.56 Å². The molecule has 1 amide bonds. The van der Waals surface area contributed by atoms with Crippen molar-refractivity contribution in [1.82, 2.24) is 10.4 Å². The van der Waals surface area contributed by atoms with Crippen molar-refractivity contribution in [3.05, 3.63) is 88.5 Å². The van der Waals surface area contributed by atoms with Crippen molar-refractivity contribution in [3.8, 4) is 11.5 Å². The maximum Gasteiger partial charge on any atom is 0.274 e. The van der Waals surface area contributed by atoms with Crippen LogP contribution in [0, 0.1) is 5.82 Å². The van der Waals surface area contributed by atoms with E-state index in [1.165, 1.54) is 24.5 Å². The lowest BCUT2D eigenvalue weighted by Crippen LogP contribution is -2.18. The average molecular weight is 428 g/mol. The monoisotopic (exact) mass is 427 g/mol. The Balaban J connectivity index is 1.66.